The second-order valence-corrected chi connectivity index (χ2v) is 7.63. The van der Waals surface area contributed by atoms with Crippen molar-refractivity contribution >= 4 is 35.1 Å². The molecule has 1 N–H and O–H groups in total. The molecule has 2 aromatic heterocycles. The minimum absolute atomic E-state index is 0.174. The molecule has 2 heterocycles. The number of nitrogens with one attached hydrogen (secondary N) is 1. The van der Waals surface area contributed by atoms with Crippen LogP contribution in [0.25, 0.3) is 11.4 Å². The van der Waals surface area contributed by atoms with Crippen LogP contribution in [0.15, 0.2) is 46.3 Å². The lowest BCUT2D eigenvalue weighted by Gasteiger charge is -2.10. The van der Waals surface area contributed by atoms with E-state index in [1.54, 1.807) is 6.07 Å². The standard InChI is InChI=1S/C19H22ClN5O2S/c1-2-3-4-5-11-25-18(14-6-8-15(20)9-7-14)22-23-19(25)28-13-17(26)21-16-10-12-27-24-16/h6-10,12H,2-5,11,13H2,1H3,(H,21,24,26). The second-order valence-electron chi connectivity index (χ2n) is 6.25. The fraction of sp³-hybridized carbons (Fsp3) is 0.368. The van der Waals surface area contributed by atoms with Gasteiger partial charge in [0.1, 0.15) is 6.26 Å². The van der Waals surface area contributed by atoms with E-state index in [0.29, 0.717) is 10.8 Å². The zero-order valence-corrected chi connectivity index (χ0v) is 17.2. The smallest absolute Gasteiger partial charge is 0.236 e. The van der Waals surface area contributed by atoms with Crippen molar-refractivity contribution in [2.45, 2.75) is 44.3 Å². The molecule has 7 nitrogen and oxygen atoms in total. The minimum Gasteiger partial charge on any atom is -0.363 e. The average Bonchev–Trinajstić information content (AvgIpc) is 3.34. The van der Waals surface area contributed by atoms with Crippen molar-refractivity contribution < 1.29 is 9.32 Å². The predicted octanol–water partition coefficient (Wildman–Crippen LogP) is 4.90. The van der Waals surface area contributed by atoms with Crippen LogP contribution in [0.2, 0.25) is 5.02 Å². The van der Waals surface area contributed by atoms with Crippen molar-refractivity contribution in [3.05, 3.63) is 41.6 Å². The van der Waals surface area contributed by atoms with Crippen LogP contribution in [0.3, 0.4) is 0 Å². The van der Waals surface area contributed by atoms with Crippen molar-refractivity contribution in [1.29, 1.82) is 0 Å². The molecule has 0 fully saturated rings. The van der Waals surface area contributed by atoms with Gasteiger partial charge >= 0.3 is 0 Å². The number of rotatable bonds is 10. The van der Waals surface area contributed by atoms with E-state index in [-0.39, 0.29) is 11.7 Å². The lowest BCUT2D eigenvalue weighted by molar-refractivity contribution is -0.113. The molecule has 1 amide bonds. The third-order valence-corrected chi connectivity index (χ3v) is 5.31. The Kier molecular flexibility index (Phi) is 7.50. The van der Waals surface area contributed by atoms with E-state index in [1.807, 2.05) is 24.3 Å². The van der Waals surface area contributed by atoms with E-state index in [1.165, 1.54) is 30.9 Å². The molecular formula is C19H22ClN5O2S. The molecule has 3 aromatic rings. The van der Waals surface area contributed by atoms with Gasteiger partial charge in [-0.15, -0.1) is 10.2 Å². The highest BCUT2D eigenvalue weighted by atomic mass is 35.5. The molecule has 0 aliphatic rings. The van der Waals surface area contributed by atoms with Crippen LogP contribution < -0.4 is 5.32 Å². The summed E-state index contributed by atoms with van der Waals surface area (Å²) in [5.41, 5.74) is 0.950. The van der Waals surface area contributed by atoms with E-state index >= 15 is 0 Å². The number of carbonyl (C=O) groups excluding carboxylic acids is 1. The Morgan fingerprint density at radius 1 is 1.18 bits per heavy atom. The maximum Gasteiger partial charge on any atom is 0.236 e. The molecule has 1 aromatic carbocycles. The van der Waals surface area contributed by atoms with Crippen LogP contribution in [0.1, 0.15) is 32.6 Å². The van der Waals surface area contributed by atoms with Crippen LogP contribution >= 0.6 is 23.4 Å². The third kappa shape index (κ3) is 5.59. The maximum atomic E-state index is 12.1. The second kappa shape index (κ2) is 10.3. The number of hydrogen-bond acceptors (Lipinski definition) is 6. The SMILES string of the molecule is CCCCCCn1c(SCC(=O)Nc2ccon2)nnc1-c1ccc(Cl)cc1. The fourth-order valence-electron chi connectivity index (χ4n) is 2.69. The number of thioether (sulfide) groups is 1. The van der Waals surface area contributed by atoms with Crippen LogP contribution in [-0.4, -0.2) is 31.6 Å². The van der Waals surface area contributed by atoms with Gasteiger partial charge in [0.15, 0.2) is 16.8 Å². The van der Waals surface area contributed by atoms with Crippen LogP contribution in [0.5, 0.6) is 0 Å². The summed E-state index contributed by atoms with van der Waals surface area (Å²) in [5, 5.41) is 16.4. The molecule has 9 heteroatoms. The van der Waals surface area contributed by atoms with Crippen molar-refractivity contribution in [3.8, 4) is 11.4 Å². The Morgan fingerprint density at radius 2 is 2.00 bits per heavy atom. The molecule has 3 rings (SSSR count). The number of carbonyl (C=O) groups is 1. The van der Waals surface area contributed by atoms with Crippen molar-refractivity contribution in [3.63, 3.8) is 0 Å². The number of aromatic nitrogens is 4. The number of anilines is 1. The van der Waals surface area contributed by atoms with Crippen molar-refractivity contribution in [1.82, 2.24) is 19.9 Å². The lowest BCUT2D eigenvalue weighted by Crippen LogP contribution is -2.15. The first-order valence-electron chi connectivity index (χ1n) is 9.19. The summed E-state index contributed by atoms with van der Waals surface area (Å²) < 4.78 is 6.79. The van der Waals surface area contributed by atoms with Crippen molar-refractivity contribution in [2.24, 2.45) is 0 Å². The molecule has 0 aliphatic heterocycles. The zero-order chi connectivity index (χ0) is 19.8. The molecule has 0 saturated heterocycles. The summed E-state index contributed by atoms with van der Waals surface area (Å²) in [6, 6.07) is 9.13. The predicted molar refractivity (Wildman–Crippen MR) is 110 cm³/mol. The Balaban J connectivity index is 1.71. The molecule has 0 radical (unpaired) electrons. The number of unbranched alkanes of at least 4 members (excludes halogenated alkanes) is 3. The summed E-state index contributed by atoms with van der Waals surface area (Å²) in [6.45, 7) is 2.99. The van der Waals surface area contributed by atoms with Gasteiger partial charge in [-0.1, -0.05) is 54.7 Å². The first-order chi connectivity index (χ1) is 13.7. The van der Waals surface area contributed by atoms with Gasteiger partial charge in [-0.3, -0.25) is 4.79 Å². The number of amides is 1. The summed E-state index contributed by atoms with van der Waals surface area (Å²) in [4.78, 5) is 12.1. The van der Waals surface area contributed by atoms with E-state index < -0.39 is 0 Å². The van der Waals surface area contributed by atoms with Crippen LogP contribution in [0.4, 0.5) is 5.82 Å². The lowest BCUT2D eigenvalue weighted by atomic mass is 10.2. The summed E-state index contributed by atoms with van der Waals surface area (Å²) in [6.07, 6.45) is 5.96. The highest BCUT2D eigenvalue weighted by Crippen LogP contribution is 2.26. The highest BCUT2D eigenvalue weighted by Gasteiger charge is 2.16. The van der Waals surface area contributed by atoms with Gasteiger partial charge in [-0.05, 0) is 30.7 Å². The van der Waals surface area contributed by atoms with E-state index in [0.717, 1.165) is 35.9 Å². The van der Waals surface area contributed by atoms with E-state index in [9.17, 15) is 4.79 Å². The Hall–Kier alpha value is -2.32. The van der Waals surface area contributed by atoms with Gasteiger partial charge in [-0.25, -0.2) is 0 Å². The number of nitrogens with zero attached hydrogens (tertiary/aromatic N) is 4. The van der Waals surface area contributed by atoms with Gasteiger partial charge in [0, 0.05) is 23.2 Å². The highest BCUT2D eigenvalue weighted by molar-refractivity contribution is 7.99. The first kappa shape index (κ1) is 20.4. The van der Waals surface area contributed by atoms with Gasteiger partial charge in [0.25, 0.3) is 0 Å². The first-order valence-corrected chi connectivity index (χ1v) is 10.6. The molecular weight excluding hydrogens is 398 g/mol. The summed E-state index contributed by atoms with van der Waals surface area (Å²) in [7, 11) is 0. The number of benzene rings is 1. The molecule has 0 spiro atoms. The maximum absolute atomic E-state index is 12.1. The Labute approximate surface area is 172 Å². The van der Waals surface area contributed by atoms with Crippen LogP contribution in [-0.2, 0) is 11.3 Å². The molecule has 28 heavy (non-hydrogen) atoms. The van der Waals surface area contributed by atoms with Gasteiger partial charge < -0.3 is 14.4 Å². The quantitative estimate of drug-likeness (QED) is 0.371. The fourth-order valence-corrected chi connectivity index (χ4v) is 3.58. The molecule has 0 atom stereocenters. The summed E-state index contributed by atoms with van der Waals surface area (Å²) in [5.74, 6) is 1.22. The van der Waals surface area contributed by atoms with Crippen molar-refractivity contribution in [2.75, 3.05) is 11.1 Å². The summed E-state index contributed by atoms with van der Waals surface area (Å²) >= 11 is 7.35. The van der Waals surface area contributed by atoms with Gasteiger partial charge in [0.2, 0.25) is 5.91 Å². The Bertz CT molecular complexity index is 880. The molecule has 0 aliphatic carbocycles. The van der Waals surface area contributed by atoms with E-state index in [4.69, 9.17) is 16.1 Å². The van der Waals surface area contributed by atoms with E-state index in [2.05, 4.69) is 32.2 Å². The zero-order valence-electron chi connectivity index (χ0n) is 15.6. The molecule has 0 unspecified atom stereocenters. The number of halogens is 1. The molecule has 148 valence electrons. The molecule has 0 saturated carbocycles. The topological polar surface area (TPSA) is 85.8 Å². The molecule has 0 bridgehead atoms. The minimum atomic E-state index is -0.174. The normalized spacial score (nSPS) is 10.9. The van der Waals surface area contributed by atoms with Gasteiger partial charge in [0.05, 0.1) is 5.75 Å². The third-order valence-electron chi connectivity index (χ3n) is 4.09. The Morgan fingerprint density at radius 3 is 2.71 bits per heavy atom. The largest absolute Gasteiger partial charge is 0.363 e. The average molecular weight is 420 g/mol. The van der Waals surface area contributed by atoms with Crippen LogP contribution in [0, 0.1) is 0 Å². The number of hydrogen-bond donors (Lipinski definition) is 1. The monoisotopic (exact) mass is 419 g/mol. The van der Waals surface area contributed by atoms with Gasteiger partial charge in [-0.2, -0.15) is 0 Å².